The Kier molecular flexibility index (Phi) is 5.38. The maximum atomic E-state index is 10.1. The van der Waals surface area contributed by atoms with E-state index in [1.165, 1.54) is 11.3 Å². The third-order valence-corrected chi connectivity index (χ3v) is 6.99. The third-order valence-electron chi connectivity index (χ3n) is 6.99. The van der Waals surface area contributed by atoms with Crippen molar-refractivity contribution in [3.05, 3.63) is 35.5 Å². The lowest BCUT2D eigenvalue weighted by atomic mass is 9.71. The van der Waals surface area contributed by atoms with Crippen LogP contribution in [-0.2, 0) is 13.1 Å². The van der Waals surface area contributed by atoms with Crippen LogP contribution >= 0.6 is 0 Å². The first-order chi connectivity index (χ1) is 13.6. The van der Waals surface area contributed by atoms with E-state index in [9.17, 15) is 5.11 Å². The topological polar surface area (TPSA) is 70.3 Å². The van der Waals surface area contributed by atoms with Crippen molar-refractivity contribution in [2.75, 3.05) is 37.7 Å². The molecular weight excluding hydrogens is 352 g/mol. The van der Waals surface area contributed by atoms with Gasteiger partial charge in [0.2, 0.25) is 0 Å². The van der Waals surface area contributed by atoms with E-state index in [2.05, 4.69) is 50.3 Å². The number of aliphatic hydroxyl groups excluding tert-OH is 1. The molecule has 0 bridgehead atoms. The smallest absolute Gasteiger partial charge is 0.131 e. The van der Waals surface area contributed by atoms with Crippen LogP contribution in [0.15, 0.2) is 18.6 Å². The summed E-state index contributed by atoms with van der Waals surface area (Å²) in [5.74, 6) is 1.29. The molecule has 0 aliphatic carbocycles. The van der Waals surface area contributed by atoms with Crippen LogP contribution in [0.4, 0.5) is 5.82 Å². The summed E-state index contributed by atoms with van der Waals surface area (Å²) in [4.78, 5) is 13.3. The highest BCUT2D eigenvalue weighted by Crippen LogP contribution is 2.45. The Morgan fingerprint density at radius 1 is 1.25 bits per heavy atom. The van der Waals surface area contributed by atoms with Gasteiger partial charge in [0, 0.05) is 56.2 Å². The molecule has 7 heteroatoms. The molecule has 0 aromatic carbocycles. The minimum atomic E-state index is 0.188. The summed E-state index contributed by atoms with van der Waals surface area (Å²) < 4.78 is 2.11. The number of nitrogens with zero attached hydrogens (tertiary/aromatic N) is 6. The van der Waals surface area contributed by atoms with Gasteiger partial charge in [-0.25, -0.2) is 9.97 Å². The van der Waals surface area contributed by atoms with Gasteiger partial charge in [0.05, 0.1) is 5.69 Å². The Hall–Kier alpha value is -1.99. The summed E-state index contributed by atoms with van der Waals surface area (Å²) in [6.07, 6.45) is 5.66. The number of aromatic nitrogens is 4. The van der Waals surface area contributed by atoms with Crippen molar-refractivity contribution in [2.45, 2.75) is 46.7 Å². The fourth-order valence-corrected chi connectivity index (χ4v) is 5.15. The molecule has 1 unspecified atom stereocenters. The third kappa shape index (κ3) is 3.42. The molecule has 0 amide bonds. The second-order valence-corrected chi connectivity index (χ2v) is 8.43. The van der Waals surface area contributed by atoms with E-state index >= 15 is 0 Å². The zero-order valence-corrected chi connectivity index (χ0v) is 17.3. The van der Waals surface area contributed by atoms with Crippen LogP contribution in [-0.4, -0.2) is 62.5 Å². The number of piperidine rings is 1. The SMILES string of the molecule is CCn1nc(C)c(CN2CCC3(CC2)CN(c2ccncn2)CC3CO)c1C. The number of aliphatic hydroxyl groups is 1. The fraction of sp³-hybridized carbons (Fsp3) is 0.667. The predicted octanol–water partition coefficient (Wildman–Crippen LogP) is 2.02. The summed E-state index contributed by atoms with van der Waals surface area (Å²) in [6, 6.07) is 1.97. The predicted molar refractivity (Wildman–Crippen MR) is 109 cm³/mol. The van der Waals surface area contributed by atoms with E-state index in [-0.39, 0.29) is 12.0 Å². The lowest BCUT2D eigenvalue weighted by molar-refractivity contribution is 0.0505. The first-order valence-electron chi connectivity index (χ1n) is 10.4. The Morgan fingerprint density at radius 3 is 2.64 bits per heavy atom. The van der Waals surface area contributed by atoms with Gasteiger partial charge < -0.3 is 10.0 Å². The maximum Gasteiger partial charge on any atom is 0.131 e. The molecule has 2 aliphatic heterocycles. The normalized spacial score (nSPS) is 22.3. The highest BCUT2D eigenvalue weighted by molar-refractivity contribution is 5.39. The van der Waals surface area contributed by atoms with Gasteiger partial charge in [0.15, 0.2) is 0 Å². The van der Waals surface area contributed by atoms with Gasteiger partial charge >= 0.3 is 0 Å². The highest BCUT2D eigenvalue weighted by Gasteiger charge is 2.48. The second kappa shape index (κ2) is 7.79. The van der Waals surface area contributed by atoms with Crippen molar-refractivity contribution in [3.8, 4) is 0 Å². The number of hydrogen-bond donors (Lipinski definition) is 1. The standard InChI is InChI=1S/C21H32N6O/c1-4-27-17(3)19(16(2)24-27)12-25-9-6-21(7-10-25)14-26(11-18(21)13-28)20-5-8-22-15-23-20/h5,8,15,18,28H,4,6-7,9-14H2,1-3H3. The van der Waals surface area contributed by atoms with E-state index in [0.29, 0.717) is 5.92 Å². The molecule has 2 aromatic rings. The molecule has 0 saturated carbocycles. The van der Waals surface area contributed by atoms with Gasteiger partial charge in [0.25, 0.3) is 0 Å². The molecule has 4 heterocycles. The van der Waals surface area contributed by atoms with Crippen molar-refractivity contribution in [3.63, 3.8) is 0 Å². The van der Waals surface area contributed by atoms with E-state index in [1.54, 1.807) is 12.5 Å². The van der Waals surface area contributed by atoms with Gasteiger partial charge in [-0.2, -0.15) is 5.10 Å². The van der Waals surface area contributed by atoms with Gasteiger partial charge in [-0.05, 0) is 58.2 Å². The van der Waals surface area contributed by atoms with Crippen LogP contribution in [0.1, 0.15) is 36.7 Å². The Balaban J connectivity index is 1.43. The molecule has 7 nitrogen and oxygen atoms in total. The number of likely N-dealkylation sites (tertiary alicyclic amines) is 1. The number of hydrogen-bond acceptors (Lipinski definition) is 6. The van der Waals surface area contributed by atoms with Crippen LogP contribution in [0.3, 0.4) is 0 Å². The molecule has 152 valence electrons. The minimum absolute atomic E-state index is 0.188. The molecule has 1 atom stereocenters. The van der Waals surface area contributed by atoms with Gasteiger partial charge in [-0.3, -0.25) is 9.58 Å². The average Bonchev–Trinajstić information content (AvgIpc) is 3.22. The number of rotatable bonds is 5. The van der Waals surface area contributed by atoms with Crippen molar-refractivity contribution in [2.24, 2.45) is 11.3 Å². The molecule has 28 heavy (non-hydrogen) atoms. The Morgan fingerprint density at radius 2 is 2.04 bits per heavy atom. The van der Waals surface area contributed by atoms with Crippen LogP contribution < -0.4 is 4.90 Å². The minimum Gasteiger partial charge on any atom is -0.396 e. The lowest BCUT2D eigenvalue weighted by Gasteiger charge is -2.42. The van der Waals surface area contributed by atoms with Crippen LogP contribution in [0.5, 0.6) is 0 Å². The van der Waals surface area contributed by atoms with Crippen molar-refractivity contribution < 1.29 is 5.11 Å². The zero-order chi connectivity index (χ0) is 19.7. The lowest BCUT2D eigenvalue weighted by Crippen LogP contribution is -2.44. The number of anilines is 1. The van der Waals surface area contributed by atoms with E-state index in [1.807, 2.05) is 6.07 Å². The summed E-state index contributed by atoms with van der Waals surface area (Å²) >= 11 is 0. The van der Waals surface area contributed by atoms with Crippen molar-refractivity contribution >= 4 is 5.82 Å². The molecule has 2 saturated heterocycles. The van der Waals surface area contributed by atoms with E-state index in [4.69, 9.17) is 0 Å². The largest absolute Gasteiger partial charge is 0.396 e. The van der Waals surface area contributed by atoms with Crippen LogP contribution in [0.25, 0.3) is 0 Å². The molecule has 1 N–H and O–H groups in total. The number of aryl methyl sites for hydroxylation is 2. The monoisotopic (exact) mass is 384 g/mol. The van der Waals surface area contributed by atoms with Crippen LogP contribution in [0, 0.1) is 25.2 Å². The van der Waals surface area contributed by atoms with E-state index < -0.39 is 0 Å². The molecule has 1 spiro atoms. The highest BCUT2D eigenvalue weighted by atomic mass is 16.3. The first-order valence-corrected chi connectivity index (χ1v) is 10.4. The van der Waals surface area contributed by atoms with Gasteiger partial charge in [-0.1, -0.05) is 0 Å². The van der Waals surface area contributed by atoms with Crippen molar-refractivity contribution in [1.29, 1.82) is 0 Å². The summed E-state index contributed by atoms with van der Waals surface area (Å²) in [6.45, 7) is 12.6. The molecular formula is C21H32N6O. The van der Waals surface area contributed by atoms with Gasteiger partial charge in [-0.15, -0.1) is 0 Å². The Labute approximate surface area is 167 Å². The van der Waals surface area contributed by atoms with Crippen LogP contribution in [0.2, 0.25) is 0 Å². The molecule has 4 rings (SSSR count). The Bertz CT molecular complexity index is 797. The molecule has 2 fully saturated rings. The maximum absolute atomic E-state index is 10.1. The summed E-state index contributed by atoms with van der Waals surface area (Å²) in [5, 5.41) is 14.7. The fourth-order valence-electron chi connectivity index (χ4n) is 5.15. The summed E-state index contributed by atoms with van der Waals surface area (Å²) in [5.41, 5.74) is 4.02. The average molecular weight is 385 g/mol. The van der Waals surface area contributed by atoms with E-state index in [0.717, 1.165) is 63.6 Å². The second-order valence-electron chi connectivity index (χ2n) is 8.43. The van der Waals surface area contributed by atoms with Gasteiger partial charge in [0.1, 0.15) is 12.1 Å². The van der Waals surface area contributed by atoms with Crippen molar-refractivity contribution in [1.82, 2.24) is 24.6 Å². The molecule has 0 radical (unpaired) electrons. The molecule has 2 aliphatic rings. The first kappa shape index (κ1) is 19.3. The molecule has 2 aromatic heterocycles. The quantitative estimate of drug-likeness (QED) is 0.851. The zero-order valence-electron chi connectivity index (χ0n) is 17.3. The summed E-state index contributed by atoms with van der Waals surface area (Å²) in [7, 11) is 0.